The van der Waals surface area contributed by atoms with Crippen molar-refractivity contribution in [3.8, 4) is 5.88 Å². The lowest BCUT2D eigenvalue weighted by Crippen LogP contribution is -2.08. The van der Waals surface area contributed by atoms with Gasteiger partial charge in [-0.15, -0.1) is 0 Å². The summed E-state index contributed by atoms with van der Waals surface area (Å²) in [4.78, 5) is 4.24. The van der Waals surface area contributed by atoms with Crippen LogP contribution in [0.4, 0.5) is 5.69 Å². The molecule has 0 saturated carbocycles. The fraction of sp³-hybridized carbons (Fsp3) is 0.400. The van der Waals surface area contributed by atoms with Crippen LogP contribution >= 0.6 is 0 Å². The molecule has 2 aromatic rings. The number of anilines is 1. The molecule has 0 unspecified atom stereocenters. The van der Waals surface area contributed by atoms with E-state index in [1.165, 1.54) is 5.69 Å². The van der Waals surface area contributed by atoms with Crippen LogP contribution in [0.2, 0.25) is 0 Å². The SMILES string of the molecule is CCCn1cccc1CNc1cccnc1OCC. The molecule has 0 bridgehead atoms. The molecule has 1 N–H and O–H groups in total. The largest absolute Gasteiger partial charge is 0.476 e. The van der Waals surface area contributed by atoms with E-state index in [1.54, 1.807) is 6.20 Å². The highest BCUT2D eigenvalue weighted by Crippen LogP contribution is 2.21. The lowest BCUT2D eigenvalue weighted by atomic mass is 10.3. The summed E-state index contributed by atoms with van der Waals surface area (Å²) in [6.07, 6.45) is 5.00. The summed E-state index contributed by atoms with van der Waals surface area (Å²) in [6.45, 7) is 6.60. The zero-order valence-corrected chi connectivity index (χ0v) is 11.6. The quantitative estimate of drug-likeness (QED) is 0.829. The summed E-state index contributed by atoms with van der Waals surface area (Å²) in [5.74, 6) is 0.665. The van der Waals surface area contributed by atoms with Crippen molar-refractivity contribution < 1.29 is 4.74 Å². The molecule has 4 nitrogen and oxygen atoms in total. The van der Waals surface area contributed by atoms with E-state index in [9.17, 15) is 0 Å². The van der Waals surface area contributed by atoms with Crippen molar-refractivity contribution in [3.63, 3.8) is 0 Å². The average molecular weight is 259 g/mol. The predicted octanol–water partition coefficient (Wildman–Crippen LogP) is 3.30. The van der Waals surface area contributed by atoms with E-state index in [2.05, 4.69) is 40.1 Å². The van der Waals surface area contributed by atoms with Crippen LogP contribution in [-0.2, 0) is 13.1 Å². The number of nitrogens with zero attached hydrogens (tertiary/aromatic N) is 2. The summed E-state index contributed by atoms with van der Waals surface area (Å²) in [5.41, 5.74) is 2.21. The third-order valence-corrected chi connectivity index (χ3v) is 2.90. The molecule has 2 heterocycles. The molecular weight excluding hydrogens is 238 g/mol. The van der Waals surface area contributed by atoms with E-state index in [0.717, 1.165) is 25.2 Å². The number of hydrogen-bond donors (Lipinski definition) is 1. The van der Waals surface area contributed by atoms with Crippen molar-refractivity contribution in [2.75, 3.05) is 11.9 Å². The number of rotatable bonds is 7. The molecule has 4 heteroatoms. The second kappa shape index (κ2) is 6.83. The summed E-state index contributed by atoms with van der Waals surface area (Å²) in [5, 5.41) is 3.39. The summed E-state index contributed by atoms with van der Waals surface area (Å²) >= 11 is 0. The summed E-state index contributed by atoms with van der Waals surface area (Å²) < 4.78 is 7.77. The van der Waals surface area contributed by atoms with Crippen molar-refractivity contribution in [2.45, 2.75) is 33.4 Å². The van der Waals surface area contributed by atoms with E-state index in [0.29, 0.717) is 12.5 Å². The molecule has 0 radical (unpaired) electrons. The van der Waals surface area contributed by atoms with Crippen LogP contribution in [0.1, 0.15) is 26.0 Å². The Labute approximate surface area is 114 Å². The first-order valence-corrected chi connectivity index (χ1v) is 6.80. The van der Waals surface area contributed by atoms with Crippen LogP contribution in [0.15, 0.2) is 36.7 Å². The van der Waals surface area contributed by atoms with Gasteiger partial charge in [-0.3, -0.25) is 0 Å². The Kier molecular flexibility index (Phi) is 4.84. The van der Waals surface area contributed by atoms with Crippen LogP contribution in [0.25, 0.3) is 0 Å². The van der Waals surface area contributed by atoms with E-state index in [4.69, 9.17) is 4.74 Å². The molecule has 0 amide bonds. The van der Waals surface area contributed by atoms with Crippen molar-refractivity contribution in [1.82, 2.24) is 9.55 Å². The molecule has 0 fully saturated rings. The standard InChI is InChI=1S/C15H21N3O/c1-3-10-18-11-6-7-13(18)12-17-14-8-5-9-16-15(14)19-4-2/h5-9,11,17H,3-4,10,12H2,1-2H3. The Balaban J connectivity index is 2.03. The Morgan fingerprint density at radius 1 is 1.26 bits per heavy atom. The number of ether oxygens (including phenoxy) is 1. The van der Waals surface area contributed by atoms with Crippen molar-refractivity contribution in [2.24, 2.45) is 0 Å². The molecule has 0 aliphatic carbocycles. The molecule has 2 aromatic heterocycles. The smallest absolute Gasteiger partial charge is 0.237 e. The third kappa shape index (κ3) is 3.50. The van der Waals surface area contributed by atoms with Gasteiger partial charge in [-0.05, 0) is 37.6 Å². The van der Waals surface area contributed by atoms with Crippen molar-refractivity contribution >= 4 is 5.69 Å². The van der Waals surface area contributed by atoms with Gasteiger partial charge in [-0.2, -0.15) is 0 Å². The zero-order chi connectivity index (χ0) is 13.5. The summed E-state index contributed by atoms with van der Waals surface area (Å²) in [6, 6.07) is 8.12. The molecule has 0 aliphatic heterocycles. The first-order chi connectivity index (χ1) is 9.35. The van der Waals surface area contributed by atoms with Crippen LogP contribution < -0.4 is 10.1 Å². The maximum absolute atomic E-state index is 5.50. The second-order valence-corrected chi connectivity index (χ2v) is 4.34. The fourth-order valence-electron chi connectivity index (χ4n) is 2.03. The normalized spacial score (nSPS) is 10.4. The van der Waals surface area contributed by atoms with E-state index in [-0.39, 0.29) is 0 Å². The Hall–Kier alpha value is -1.97. The second-order valence-electron chi connectivity index (χ2n) is 4.34. The first-order valence-electron chi connectivity index (χ1n) is 6.80. The van der Waals surface area contributed by atoms with Gasteiger partial charge in [0.15, 0.2) is 0 Å². The van der Waals surface area contributed by atoms with Gasteiger partial charge >= 0.3 is 0 Å². The highest BCUT2D eigenvalue weighted by Gasteiger charge is 2.05. The molecule has 19 heavy (non-hydrogen) atoms. The number of nitrogens with one attached hydrogen (secondary N) is 1. The number of aryl methyl sites for hydroxylation is 1. The topological polar surface area (TPSA) is 39.1 Å². The monoisotopic (exact) mass is 259 g/mol. The minimum atomic E-state index is 0.623. The number of aromatic nitrogens is 2. The molecule has 2 rings (SSSR count). The van der Waals surface area contributed by atoms with E-state index < -0.39 is 0 Å². The minimum absolute atomic E-state index is 0.623. The van der Waals surface area contributed by atoms with Gasteiger partial charge in [-0.25, -0.2) is 4.98 Å². The third-order valence-electron chi connectivity index (χ3n) is 2.90. The molecule has 102 valence electrons. The minimum Gasteiger partial charge on any atom is -0.476 e. The van der Waals surface area contributed by atoms with Crippen molar-refractivity contribution in [3.05, 3.63) is 42.4 Å². The first kappa shape index (κ1) is 13.5. The summed E-state index contributed by atoms with van der Waals surface area (Å²) in [7, 11) is 0. The maximum atomic E-state index is 5.50. The molecule has 0 atom stereocenters. The Bertz CT molecular complexity index is 508. The molecule has 0 spiro atoms. The van der Waals surface area contributed by atoms with E-state index in [1.807, 2.05) is 19.1 Å². The molecule has 0 saturated heterocycles. The molecule has 0 aromatic carbocycles. The number of hydrogen-bond acceptors (Lipinski definition) is 3. The Morgan fingerprint density at radius 3 is 2.95 bits per heavy atom. The van der Waals surface area contributed by atoms with Gasteiger partial charge in [0, 0.05) is 24.6 Å². The lowest BCUT2D eigenvalue weighted by molar-refractivity contribution is 0.328. The van der Waals surface area contributed by atoms with Gasteiger partial charge in [0.05, 0.1) is 18.8 Å². The van der Waals surface area contributed by atoms with Gasteiger partial charge in [0.1, 0.15) is 0 Å². The lowest BCUT2D eigenvalue weighted by Gasteiger charge is -2.12. The van der Waals surface area contributed by atoms with Gasteiger partial charge in [-0.1, -0.05) is 6.92 Å². The van der Waals surface area contributed by atoms with Crippen LogP contribution in [-0.4, -0.2) is 16.2 Å². The van der Waals surface area contributed by atoms with E-state index >= 15 is 0 Å². The van der Waals surface area contributed by atoms with Crippen LogP contribution in [0.5, 0.6) is 5.88 Å². The zero-order valence-electron chi connectivity index (χ0n) is 11.6. The van der Waals surface area contributed by atoms with Gasteiger partial charge < -0.3 is 14.6 Å². The fourth-order valence-corrected chi connectivity index (χ4v) is 2.03. The average Bonchev–Trinajstić information content (AvgIpc) is 2.86. The molecular formula is C15H21N3O. The predicted molar refractivity (Wildman–Crippen MR) is 77.5 cm³/mol. The maximum Gasteiger partial charge on any atom is 0.237 e. The van der Waals surface area contributed by atoms with Crippen LogP contribution in [0, 0.1) is 0 Å². The highest BCUT2D eigenvalue weighted by atomic mass is 16.5. The number of pyridine rings is 1. The highest BCUT2D eigenvalue weighted by molar-refractivity contribution is 5.52. The van der Waals surface area contributed by atoms with Gasteiger partial charge in [0.2, 0.25) is 5.88 Å². The van der Waals surface area contributed by atoms with Gasteiger partial charge in [0.25, 0.3) is 0 Å². The molecule has 0 aliphatic rings. The van der Waals surface area contributed by atoms with Crippen LogP contribution in [0.3, 0.4) is 0 Å². The Morgan fingerprint density at radius 2 is 2.16 bits per heavy atom. The van der Waals surface area contributed by atoms with Crippen molar-refractivity contribution in [1.29, 1.82) is 0 Å².